The van der Waals surface area contributed by atoms with Gasteiger partial charge in [0.1, 0.15) is 0 Å². The number of rotatable bonds is 6. The van der Waals surface area contributed by atoms with Crippen molar-refractivity contribution in [1.82, 2.24) is 35.0 Å². The van der Waals surface area contributed by atoms with Crippen LogP contribution in [0.4, 0.5) is 0 Å². The lowest BCUT2D eigenvalue weighted by molar-refractivity contribution is 0.800. The van der Waals surface area contributed by atoms with E-state index in [1.807, 2.05) is 49.3 Å². The zero-order valence-electron chi connectivity index (χ0n) is 14.0. The third-order valence-corrected chi connectivity index (χ3v) is 18.6. The molecule has 2 unspecified atom stereocenters. The molecule has 0 aliphatic carbocycles. The highest BCUT2D eigenvalue weighted by Crippen LogP contribution is 2.83. The summed E-state index contributed by atoms with van der Waals surface area (Å²) in [5.41, 5.74) is 0. The standard InChI is InChI=1S/C7H27N11P4/c1-8-19(9-2)14-21(12-5)16-20(10-3,11-4)17-22(13-6,15-19)18(21)7/h8-13H,1-7H3. The van der Waals surface area contributed by atoms with E-state index in [1.165, 1.54) is 0 Å². The van der Waals surface area contributed by atoms with Crippen molar-refractivity contribution in [1.29, 1.82) is 0 Å². The SMILES string of the molecule is CNP1(NC)=NP2(NC)=NP(NC)(NC)=NP(NC)(=N1)N2C. The van der Waals surface area contributed by atoms with Crippen LogP contribution in [0, 0.1) is 0 Å². The summed E-state index contributed by atoms with van der Waals surface area (Å²) in [7, 11) is 4.14. The Bertz CT molecular complexity index is 593. The summed E-state index contributed by atoms with van der Waals surface area (Å²) in [5, 5.41) is 19.8. The minimum Gasteiger partial charge on any atom is -0.257 e. The van der Waals surface area contributed by atoms with Gasteiger partial charge in [0.25, 0.3) is 0 Å². The summed E-state index contributed by atoms with van der Waals surface area (Å²) in [5.74, 6) is 0. The van der Waals surface area contributed by atoms with Gasteiger partial charge >= 0.3 is 0 Å². The second-order valence-electron chi connectivity index (χ2n) is 4.53. The van der Waals surface area contributed by atoms with E-state index in [4.69, 9.17) is 18.1 Å². The van der Waals surface area contributed by atoms with Gasteiger partial charge in [0.2, 0.25) is 30.0 Å². The molecular weight excluding hydrogens is 362 g/mol. The van der Waals surface area contributed by atoms with Crippen LogP contribution in [0.2, 0.25) is 0 Å². The van der Waals surface area contributed by atoms with Crippen molar-refractivity contribution in [3.63, 3.8) is 0 Å². The zero-order valence-corrected chi connectivity index (χ0v) is 17.6. The summed E-state index contributed by atoms with van der Waals surface area (Å²) in [6.07, 6.45) is 0. The molecule has 22 heavy (non-hydrogen) atoms. The Morgan fingerprint density at radius 3 is 1.09 bits per heavy atom. The second-order valence-corrected chi connectivity index (χ2v) is 16.3. The van der Waals surface area contributed by atoms with Crippen LogP contribution in [-0.2, 0) is 0 Å². The average molecular weight is 389 g/mol. The molecule has 6 N–H and O–H groups in total. The molecule has 15 heteroatoms. The largest absolute Gasteiger partial charge is 0.257 e. The van der Waals surface area contributed by atoms with Gasteiger partial charge in [-0.2, -0.15) is 22.5 Å². The molecule has 2 bridgehead atoms. The third kappa shape index (κ3) is 2.67. The number of hydrogen-bond donors (Lipinski definition) is 6. The van der Waals surface area contributed by atoms with E-state index in [-0.39, 0.29) is 0 Å². The minimum atomic E-state index is -2.32. The highest BCUT2D eigenvalue weighted by molar-refractivity contribution is 7.91. The van der Waals surface area contributed by atoms with Gasteiger partial charge in [0, 0.05) is 7.05 Å². The Morgan fingerprint density at radius 1 is 0.545 bits per heavy atom. The zero-order chi connectivity index (χ0) is 16.6. The fraction of sp³-hybridized carbons (Fsp3) is 1.00. The fourth-order valence-electron chi connectivity index (χ4n) is 2.25. The van der Waals surface area contributed by atoms with Gasteiger partial charge in [-0.1, -0.05) is 0 Å². The quantitative estimate of drug-likeness (QED) is 0.384. The van der Waals surface area contributed by atoms with Crippen molar-refractivity contribution in [2.24, 2.45) is 18.1 Å². The second kappa shape index (κ2) is 6.51. The highest BCUT2D eigenvalue weighted by atomic mass is 31.3. The van der Waals surface area contributed by atoms with Crippen LogP contribution >= 0.6 is 30.0 Å². The third-order valence-electron chi connectivity index (χ3n) is 3.67. The lowest BCUT2D eigenvalue weighted by Gasteiger charge is -2.47. The Labute approximate surface area is 133 Å². The van der Waals surface area contributed by atoms with Gasteiger partial charge < -0.3 is 0 Å². The molecule has 2 rings (SSSR count). The van der Waals surface area contributed by atoms with Gasteiger partial charge in [-0.25, -0.2) is 0 Å². The first-order chi connectivity index (χ1) is 10.3. The Kier molecular flexibility index (Phi) is 5.61. The molecule has 2 aliphatic rings. The van der Waals surface area contributed by atoms with E-state index in [0.717, 1.165) is 0 Å². The van der Waals surface area contributed by atoms with Crippen molar-refractivity contribution in [3.8, 4) is 0 Å². The summed E-state index contributed by atoms with van der Waals surface area (Å²) < 4.78 is 22.3. The number of nitrogens with zero attached hydrogens (tertiary/aromatic N) is 5. The van der Waals surface area contributed by atoms with Crippen molar-refractivity contribution < 1.29 is 0 Å². The molecule has 0 amide bonds. The molecular formula is C7H27N11P4. The van der Waals surface area contributed by atoms with E-state index in [2.05, 4.69) is 35.0 Å². The van der Waals surface area contributed by atoms with Crippen LogP contribution in [-0.4, -0.2) is 53.8 Å². The van der Waals surface area contributed by atoms with Crippen LogP contribution in [0.3, 0.4) is 0 Å². The maximum atomic E-state index is 5.04. The normalized spacial score (nSPS) is 35.8. The van der Waals surface area contributed by atoms with E-state index in [9.17, 15) is 0 Å². The average Bonchev–Trinajstić information content (AvgIpc) is 2.56. The first-order valence-electron chi connectivity index (χ1n) is 6.79. The molecule has 2 heterocycles. The summed E-state index contributed by atoms with van der Waals surface area (Å²) in [6.45, 7) is 0. The Hall–Kier alpha value is 0.640. The van der Waals surface area contributed by atoms with E-state index < -0.39 is 30.0 Å². The molecule has 0 spiro atoms. The topological polar surface area (TPSA) is 125 Å². The van der Waals surface area contributed by atoms with Crippen LogP contribution < -0.4 is 30.5 Å². The van der Waals surface area contributed by atoms with Crippen molar-refractivity contribution in [3.05, 3.63) is 0 Å². The molecule has 130 valence electrons. The van der Waals surface area contributed by atoms with Gasteiger partial charge in [-0.3, -0.25) is 30.5 Å². The molecule has 0 saturated heterocycles. The Balaban J connectivity index is 2.94. The van der Waals surface area contributed by atoms with Crippen molar-refractivity contribution in [2.45, 2.75) is 0 Å². The molecule has 2 aliphatic heterocycles. The van der Waals surface area contributed by atoms with Crippen molar-refractivity contribution in [2.75, 3.05) is 49.3 Å². The van der Waals surface area contributed by atoms with Crippen LogP contribution in [0.15, 0.2) is 18.1 Å². The minimum absolute atomic E-state index is 1.87. The summed E-state index contributed by atoms with van der Waals surface area (Å²) in [6, 6.07) is 0. The van der Waals surface area contributed by atoms with Crippen LogP contribution in [0.5, 0.6) is 0 Å². The highest BCUT2D eigenvalue weighted by Gasteiger charge is 2.48. The number of hydrogen-bond acceptors (Lipinski definition) is 11. The molecule has 11 nitrogen and oxygen atoms in total. The number of fused-ring (bicyclic) bond motifs is 2. The van der Waals surface area contributed by atoms with E-state index >= 15 is 0 Å². The van der Waals surface area contributed by atoms with Crippen molar-refractivity contribution >= 4 is 30.0 Å². The lowest BCUT2D eigenvalue weighted by Crippen LogP contribution is -2.32. The first-order valence-corrected chi connectivity index (χ1v) is 13.5. The first kappa shape index (κ1) is 19.0. The molecule has 0 aromatic rings. The molecule has 0 saturated carbocycles. The van der Waals surface area contributed by atoms with E-state index in [0.29, 0.717) is 0 Å². The fourth-order valence-corrected chi connectivity index (χ4v) is 20.3. The molecule has 0 radical (unpaired) electrons. The van der Waals surface area contributed by atoms with Gasteiger partial charge in [-0.05, 0) is 42.3 Å². The van der Waals surface area contributed by atoms with Gasteiger partial charge in [-0.15, -0.1) is 0 Å². The molecule has 0 fully saturated rings. The summed E-state index contributed by atoms with van der Waals surface area (Å²) >= 11 is 0. The van der Waals surface area contributed by atoms with Gasteiger partial charge in [0.15, 0.2) is 0 Å². The maximum absolute atomic E-state index is 5.04. The van der Waals surface area contributed by atoms with Crippen LogP contribution in [0.1, 0.15) is 0 Å². The molecule has 2 atom stereocenters. The smallest absolute Gasteiger partial charge is 0.225 e. The monoisotopic (exact) mass is 389 g/mol. The predicted molar refractivity (Wildman–Crippen MR) is 99.5 cm³/mol. The Morgan fingerprint density at radius 2 is 0.864 bits per heavy atom. The number of nitrogens with one attached hydrogen (secondary N) is 6. The maximum Gasteiger partial charge on any atom is 0.225 e. The predicted octanol–water partition coefficient (Wildman–Crippen LogP) is 2.05. The van der Waals surface area contributed by atoms with E-state index in [1.54, 1.807) is 0 Å². The van der Waals surface area contributed by atoms with Crippen LogP contribution in [0.25, 0.3) is 0 Å². The lowest BCUT2D eigenvalue weighted by atomic mass is 11.6. The summed E-state index contributed by atoms with van der Waals surface area (Å²) in [4.78, 5) is 0. The molecule has 0 aromatic carbocycles. The molecule has 0 aromatic heterocycles. The van der Waals surface area contributed by atoms with Gasteiger partial charge in [0.05, 0.1) is 0 Å².